The highest BCUT2D eigenvalue weighted by molar-refractivity contribution is 7.89. The summed E-state index contributed by atoms with van der Waals surface area (Å²) in [5.41, 5.74) is -1.18. The molecule has 0 unspecified atom stereocenters. The van der Waals surface area contributed by atoms with Crippen molar-refractivity contribution in [2.75, 3.05) is 13.2 Å². The van der Waals surface area contributed by atoms with E-state index in [4.69, 9.17) is 16.3 Å². The monoisotopic (exact) mass is 343 g/mol. The van der Waals surface area contributed by atoms with Gasteiger partial charge >= 0.3 is 6.18 Å². The first kappa shape index (κ1) is 16.5. The summed E-state index contributed by atoms with van der Waals surface area (Å²) in [4.78, 5) is -0.475. The minimum Gasteiger partial charge on any atom is -0.377 e. The molecule has 1 aromatic rings. The Labute approximate surface area is 125 Å². The molecule has 1 heterocycles. The highest BCUT2D eigenvalue weighted by Gasteiger charge is 2.34. The molecule has 0 aliphatic carbocycles. The summed E-state index contributed by atoms with van der Waals surface area (Å²) in [5, 5.41) is -0.541. The molecule has 0 radical (unpaired) electrons. The lowest BCUT2D eigenvalue weighted by Crippen LogP contribution is -2.32. The van der Waals surface area contributed by atoms with E-state index >= 15 is 0 Å². The van der Waals surface area contributed by atoms with Crippen molar-refractivity contribution in [2.24, 2.45) is 0 Å². The Morgan fingerprint density at radius 2 is 2.10 bits per heavy atom. The van der Waals surface area contributed by atoms with E-state index in [0.717, 1.165) is 25.0 Å². The molecule has 1 N–H and O–H groups in total. The molecule has 1 fully saturated rings. The number of hydrogen-bond acceptors (Lipinski definition) is 3. The van der Waals surface area contributed by atoms with Crippen LogP contribution in [0.25, 0.3) is 0 Å². The zero-order valence-corrected chi connectivity index (χ0v) is 12.4. The molecule has 21 heavy (non-hydrogen) atoms. The fraction of sp³-hybridized carbons (Fsp3) is 0.500. The van der Waals surface area contributed by atoms with Crippen molar-refractivity contribution in [2.45, 2.75) is 30.0 Å². The third-order valence-electron chi connectivity index (χ3n) is 3.08. The van der Waals surface area contributed by atoms with E-state index in [2.05, 4.69) is 4.72 Å². The van der Waals surface area contributed by atoms with Gasteiger partial charge in [-0.2, -0.15) is 13.2 Å². The first-order valence-electron chi connectivity index (χ1n) is 6.18. The van der Waals surface area contributed by atoms with Crippen LogP contribution in [0.2, 0.25) is 5.02 Å². The Morgan fingerprint density at radius 3 is 2.67 bits per heavy atom. The molecule has 0 amide bonds. The Bertz CT molecular complexity index is 613. The van der Waals surface area contributed by atoms with Crippen molar-refractivity contribution in [1.82, 2.24) is 4.72 Å². The first-order valence-corrected chi connectivity index (χ1v) is 8.04. The highest BCUT2D eigenvalue weighted by atomic mass is 35.5. The van der Waals surface area contributed by atoms with E-state index < -0.39 is 31.7 Å². The molecule has 118 valence electrons. The number of sulfonamides is 1. The Kier molecular flexibility index (Phi) is 4.82. The van der Waals surface area contributed by atoms with E-state index in [-0.39, 0.29) is 12.6 Å². The number of rotatable bonds is 4. The maximum atomic E-state index is 12.7. The van der Waals surface area contributed by atoms with Crippen LogP contribution in [-0.4, -0.2) is 27.7 Å². The van der Waals surface area contributed by atoms with Crippen LogP contribution in [0.15, 0.2) is 23.1 Å². The van der Waals surface area contributed by atoms with Crippen molar-refractivity contribution in [1.29, 1.82) is 0 Å². The fourth-order valence-corrected chi connectivity index (χ4v) is 3.30. The molecule has 0 spiro atoms. The van der Waals surface area contributed by atoms with Crippen LogP contribution in [0.1, 0.15) is 18.4 Å². The van der Waals surface area contributed by atoms with Crippen LogP contribution in [-0.2, 0) is 20.9 Å². The van der Waals surface area contributed by atoms with Crippen LogP contribution in [0, 0.1) is 0 Å². The number of ether oxygens (including phenoxy) is 1. The molecule has 0 bridgehead atoms. The zero-order chi connectivity index (χ0) is 15.7. The van der Waals surface area contributed by atoms with Crippen LogP contribution >= 0.6 is 11.6 Å². The number of alkyl halides is 3. The molecule has 1 aliphatic heterocycles. The zero-order valence-electron chi connectivity index (χ0n) is 10.8. The average Bonchev–Trinajstić information content (AvgIpc) is 2.88. The van der Waals surface area contributed by atoms with Crippen LogP contribution in [0.3, 0.4) is 0 Å². The van der Waals surface area contributed by atoms with Crippen LogP contribution in [0.5, 0.6) is 0 Å². The van der Waals surface area contributed by atoms with Crippen molar-refractivity contribution in [3.05, 3.63) is 28.8 Å². The normalized spacial score (nSPS) is 19.9. The molecule has 1 aromatic carbocycles. The van der Waals surface area contributed by atoms with Crippen molar-refractivity contribution in [3.63, 3.8) is 0 Å². The SMILES string of the molecule is O=S(=O)(NC[C@H]1CCCO1)c1ccc(Cl)c(C(F)(F)F)c1. The van der Waals surface area contributed by atoms with E-state index in [1.54, 1.807) is 0 Å². The van der Waals surface area contributed by atoms with E-state index in [9.17, 15) is 21.6 Å². The van der Waals surface area contributed by atoms with Gasteiger partial charge in [0, 0.05) is 13.2 Å². The summed E-state index contributed by atoms with van der Waals surface area (Å²) >= 11 is 5.46. The van der Waals surface area contributed by atoms with E-state index in [0.29, 0.717) is 12.7 Å². The second-order valence-corrected chi connectivity index (χ2v) is 6.80. The van der Waals surface area contributed by atoms with Gasteiger partial charge in [-0.3, -0.25) is 0 Å². The van der Waals surface area contributed by atoms with Gasteiger partial charge in [0.2, 0.25) is 10.0 Å². The molecule has 0 saturated carbocycles. The summed E-state index contributed by atoms with van der Waals surface area (Å²) in [5.74, 6) is 0. The standard InChI is InChI=1S/C12H13ClF3NO3S/c13-11-4-3-9(6-10(11)12(14,15)16)21(18,19)17-7-8-2-1-5-20-8/h3-4,6,8,17H,1-2,5,7H2/t8-/m1/s1. The van der Waals surface area contributed by atoms with Gasteiger partial charge in [0.25, 0.3) is 0 Å². The smallest absolute Gasteiger partial charge is 0.377 e. The quantitative estimate of drug-likeness (QED) is 0.914. The van der Waals surface area contributed by atoms with E-state index in [1.165, 1.54) is 0 Å². The van der Waals surface area contributed by atoms with Gasteiger partial charge in [-0.05, 0) is 31.0 Å². The molecule has 9 heteroatoms. The Hall–Kier alpha value is -0.830. The van der Waals surface area contributed by atoms with Gasteiger partial charge in [0.1, 0.15) is 0 Å². The predicted octanol–water partition coefficient (Wildman–Crippen LogP) is 2.82. The molecule has 2 rings (SSSR count). The Morgan fingerprint density at radius 1 is 1.38 bits per heavy atom. The molecular weight excluding hydrogens is 331 g/mol. The summed E-state index contributed by atoms with van der Waals surface area (Å²) in [6.45, 7) is 0.595. The molecular formula is C12H13ClF3NO3S. The van der Waals surface area contributed by atoms with Crippen LogP contribution in [0.4, 0.5) is 13.2 Å². The fourth-order valence-electron chi connectivity index (χ4n) is 1.98. The lowest BCUT2D eigenvalue weighted by molar-refractivity contribution is -0.137. The second-order valence-electron chi connectivity index (χ2n) is 4.63. The third-order valence-corrected chi connectivity index (χ3v) is 4.83. The minimum atomic E-state index is -4.71. The number of hydrogen-bond donors (Lipinski definition) is 1. The summed E-state index contributed by atoms with van der Waals surface area (Å²) in [7, 11) is -4.04. The number of benzene rings is 1. The van der Waals surface area contributed by atoms with Gasteiger partial charge < -0.3 is 4.74 Å². The van der Waals surface area contributed by atoms with Gasteiger partial charge in [0.05, 0.1) is 21.6 Å². The van der Waals surface area contributed by atoms with Crippen LogP contribution < -0.4 is 4.72 Å². The highest BCUT2D eigenvalue weighted by Crippen LogP contribution is 2.35. The van der Waals surface area contributed by atoms with Crippen molar-refractivity contribution in [3.8, 4) is 0 Å². The van der Waals surface area contributed by atoms with Gasteiger partial charge in [-0.25, -0.2) is 13.1 Å². The van der Waals surface area contributed by atoms with Crippen molar-refractivity contribution < 1.29 is 26.3 Å². The van der Waals surface area contributed by atoms with E-state index in [1.807, 2.05) is 0 Å². The minimum absolute atomic E-state index is 0.0340. The lowest BCUT2D eigenvalue weighted by atomic mass is 10.2. The number of nitrogens with one attached hydrogen (secondary N) is 1. The summed E-state index contributed by atoms with van der Waals surface area (Å²) in [6, 6.07) is 2.49. The molecule has 1 aliphatic rings. The molecule has 4 nitrogen and oxygen atoms in total. The van der Waals surface area contributed by atoms with Gasteiger partial charge in [-0.1, -0.05) is 11.6 Å². The van der Waals surface area contributed by atoms with Crippen molar-refractivity contribution >= 4 is 21.6 Å². The molecule has 1 atom stereocenters. The maximum Gasteiger partial charge on any atom is 0.417 e. The maximum absolute atomic E-state index is 12.7. The topological polar surface area (TPSA) is 55.4 Å². The molecule has 0 aromatic heterocycles. The van der Waals surface area contributed by atoms with Gasteiger partial charge in [-0.15, -0.1) is 0 Å². The third kappa shape index (κ3) is 4.09. The average molecular weight is 344 g/mol. The largest absolute Gasteiger partial charge is 0.417 e. The lowest BCUT2D eigenvalue weighted by Gasteiger charge is -2.13. The van der Waals surface area contributed by atoms with Gasteiger partial charge in [0.15, 0.2) is 0 Å². The molecule has 1 saturated heterocycles. The first-order chi connectivity index (χ1) is 9.70. The predicted molar refractivity (Wildman–Crippen MR) is 70.6 cm³/mol. The second kappa shape index (κ2) is 6.12. The summed E-state index contributed by atoms with van der Waals surface area (Å²) in [6.07, 6.45) is -3.39. The Balaban J connectivity index is 2.19. The number of halogens is 4. The summed E-state index contributed by atoms with van der Waals surface area (Å²) < 4.78 is 69.7.